The number of hydrogen-bond donors (Lipinski definition) is 1. The average Bonchev–Trinajstić information content (AvgIpc) is 2.55. The van der Waals surface area contributed by atoms with E-state index in [4.69, 9.17) is 0 Å². The first-order valence-electron chi connectivity index (χ1n) is 7.01. The molecule has 0 aliphatic carbocycles. The maximum Gasteiger partial charge on any atom is 0.244 e. The first kappa shape index (κ1) is 14.5. The number of rotatable bonds is 5. The van der Waals surface area contributed by atoms with Crippen molar-refractivity contribution < 1.29 is 4.79 Å². The smallest absolute Gasteiger partial charge is 0.244 e. The van der Waals surface area contributed by atoms with E-state index in [1.807, 2.05) is 6.92 Å². The van der Waals surface area contributed by atoms with Crippen LogP contribution in [-0.4, -0.2) is 28.6 Å². The van der Waals surface area contributed by atoms with Crippen molar-refractivity contribution >= 4 is 5.91 Å². The fourth-order valence-corrected chi connectivity index (χ4v) is 2.85. The van der Waals surface area contributed by atoms with Gasteiger partial charge in [-0.2, -0.15) is 0 Å². The molecule has 0 aromatic heterocycles. The molecule has 0 bridgehead atoms. The Labute approximate surface area is 106 Å². The molecule has 1 amide bonds. The van der Waals surface area contributed by atoms with Crippen LogP contribution in [0.3, 0.4) is 0 Å². The Morgan fingerprint density at radius 1 is 1.35 bits per heavy atom. The topological polar surface area (TPSA) is 32.3 Å². The summed E-state index contributed by atoms with van der Waals surface area (Å²) in [6, 6.07) is 0.355. The maximum atomic E-state index is 12.6. The number of amides is 1. The molecule has 0 radical (unpaired) electrons. The van der Waals surface area contributed by atoms with E-state index in [1.54, 1.807) is 0 Å². The second kappa shape index (κ2) is 5.38. The summed E-state index contributed by atoms with van der Waals surface area (Å²) in [6.45, 7) is 12.8. The van der Waals surface area contributed by atoms with Gasteiger partial charge in [-0.1, -0.05) is 34.6 Å². The van der Waals surface area contributed by atoms with Gasteiger partial charge >= 0.3 is 0 Å². The summed E-state index contributed by atoms with van der Waals surface area (Å²) in [5, 5.41) is 3.51. The molecule has 1 fully saturated rings. The molecule has 3 nitrogen and oxygen atoms in total. The molecule has 3 heteroatoms. The zero-order valence-electron chi connectivity index (χ0n) is 12.2. The highest BCUT2D eigenvalue weighted by molar-refractivity contribution is 5.88. The number of hydrogen-bond acceptors (Lipinski definition) is 2. The molecule has 100 valence electrons. The average molecular weight is 240 g/mol. The third-order valence-corrected chi connectivity index (χ3v) is 4.17. The lowest BCUT2D eigenvalue weighted by atomic mass is 9.96. The summed E-state index contributed by atoms with van der Waals surface area (Å²) in [5.41, 5.74) is -0.358. The molecule has 0 saturated carbocycles. The Bertz CT molecular complexity index is 277. The van der Waals surface area contributed by atoms with Gasteiger partial charge in [-0.15, -0.1) is 0 Å². The zero-order valence-corrected chi connectivity index (χ0v) is 12.2. The Hall–Kier alpha value is -0.570. The molecule has 1 N–H and O–H groups in total. The van der Waals surface area contributed by atoms with E-state index in [0.717, 1.165) is 19.3 Å². The van der Waals surface area contributed by atoms with Crippen LogP contribution in [0, 0.1) is 5.92 Å². The minimum absolute atomic E-state index is 0.208. The van der Waals surface area contributed by atoms with Crippen molar-refractivity contribution in [3.8, 4) is 0 Å². The highest BCUT2D eigenvalue weighted by Crippen LogP contribution is 2.30. The van der Waals surface area contributed by atoms with Crippen molar-refractivity contribution in [2.24, 2.45) is 5.92 Å². The minimum Gasteiger partial charge on any atom is -0.322 e. The van der Waals surface area contributed by atoms with Crippen LogP contribution in [0.1, 0.15) is 60.8 Å². The summed E-state index contributed by atoms with van der Waals surface area (Å²) >= 11 is 0. The molecule has 1 saturated heterocycles. The van der Waals surface area contributed by atoms with E-state index in [-0.39, 0.29) is 17.6 Å². The predicted octanol–water partition coefficient (Wildman–Crippen LogP) is 2.76. The molecular formula is C14H28N2O. The van der Waals surface area contributed by atoms with Crippen LogP contribution in [-0.2, 0) is 4.79 Å². The van der Waals surface area contributed by atoms with Crippen LogP contribution in [0.25, 0.3) is 0 Å². The largest absolute Gasteiger partial charge is 0.322 e. The van der Waals surface area contributed by atoms with E-state index in [1.165, 1.54) is 0 Å². The Morgan fingerprint density at radius 2 is 1.94 bits per heavy atom. The third-order valence-electron chi connectivity index (χ3n) is 4.17. The summed E-state index contributed by atoms with van der Waals surface area (Å²) in [5.74, 6) is 0.798. The van der Waals surface area contributed by atoms with Crippen LogP contribution >= 0.6 is 0 Å². The highest BCUT2D eigenvalue weighted by atomic mass is 16.2. The molecule has 0 aromatic rings. The first-order chi connectivity index (χ1) is 7.91. The molecule has 0 aromatic carbocycles. The Kier molecular flexibility index (Phi) is 4.59. The van der Waals surface area contributed by atoms with E-state index in [0.29, 0.717) is 12.0 Å². The van der Waals surface area contributed by atoms with E-state index in [9.17, 15) is 4.79 Å². The Morgan fingerprint density at radius 3 is 2.29 bits per heavy atom. The maximum absolute atomic E-state index is 12.6. The number of carbonyl (C=O) groups is 1. The van der Waals surface area contributed by atoms with Gasteiger partial charge in [0.1, 0.15) is 0 Å². The molecule has 1 rings (SSSR count). The molecule has 3 unspecified atom stereocenters. The van der Waals surface area contributed by atoms with Crippen molar-refractivity contribution in [1.29, 1.82) is 0 Å². The summed E-state index contributed by atoms with van der Waals surface area (Å²) in [6.07, 6.45) is 3.07. The van der Waals surface area contributed by atoms with Crippen LogP contribution in [0.2, 0.25) is 0 Å². The quantitative estimate of drug-likeness (QED) is 0.801. The lowest BCUT2D eigenvalue weighted by Gasteiger charge is -2.34. The lowest BCUT2D eigenvalue weighted by Crippen LogP contribution is -2.47. The van der Waals surface area contributed by atoms with Crippen molar-refractivity contribution in [3.05, 3.63) is 0 Å². The van der Waals surface area contributed by atoms with E-state index >= 15 is 0 Å². The van der Waals surface area contributed by atoms with Crippen LogP contribution in [0.15, 0.2) is 0 Å². The molecule has 17 heavy (non-hydrogen) atoms. The van der Waals surface area contributed by atoms with Crippen molar-refractivity contribution in [3.63, 3.8) is 0 Å². The van der Waals surface area contributed by atoms with Gasteiger partial charge in [-0.3, -0.25) is 10.1 Å². The number of nitrogens with zero attached hydrogens (tertiary/aromatic N) is 1. The van der Waals surface area contributed by atoms with Crippen LogP contribution in [0.5, 0.6) is 0 Å². The van der Waals surface area contributed by atoms with Gasteiger partial charge in [0.25, 0.3) is 0 Å². The van der Waals surface area contributed by atoms with Gasteiger partial charge in [-0.05, 0) is 32.1 Å². The van der Waals surface area contributed by atoms with Gasteiger partial charge in [0.05, 0.1) is 11.7 Å². The van der Waals surface area contributed by atoms with Crippen molar-refractivity contribution in [2.75, 3.05) is 0 Å². The molecule has 1 aliphatic rings. The monoisotopic (exact) mass is 240 g/mol. The molecule has 0 spiro atoms. The van der Waals surface area contributed by atoms with Crippen LogP contribution in [0.4, 0.5) is 0 Å². The molecule has 3 atom stereocenters. The van der Waals surface area contributed by atoms with Gasteiger partial charge in [0.15, 0.2) is 0 Å². The van der Waals surface area contributed by atoms with E-state index in [2.05, 4.69) is 44.8 Å². The van der Waals surface area contributed by atoms with Gasteiger partial charge < -0.3 is 4.90 Å². The number of carbonyl (C=O) groups excluding carboxylic acids is 1. The Balaban J connectivity index is 3.00. The number of nitrogens with one attached hydrogen (secondary N) is 1. The van der Waals surface area contributed by atoms with Crippen molar-refractivity contribution in [1.82, 2.24) is 10.2 Å². The molecule has 1 heterocycles. The lowest BCUT2D eigenvalue weighted by molar-refractivity contribution is -0.136. The minimum atomic E-state index is -0.358. The molecule has 1 aliphatic heterocycles. The van der Waals surface area contributed by atoms with Gasteiger partial charge in [0, 0.05) is 6.04 Å². The van der Waals surface area contributed by atoms with Crippen LogP contribution < -0.4 is 5.32 Å². The van der Waals surface area contributed by atoms with Gasteiger partial charge in [-0.25, -0.2) is 0 Å². The zero-order chi connectivity index (χ0) is 13.2. The fourth-order valence-electron chi connectivity index (χ4n) is 2.85. The SMILES string of the molecule is CCC1NC(C)(CC)C(=O)N1C(CC)C(C)C. The second-order valence-electron chi connectivity index (χ2n) is 5.69. The summed E-state index contributed by atoms with van der Waals surface area (Å²) in [4.78, 5) is 14.7. The first-order valence-corrected chi connectivity index (χ1v) is 7.01. The third kappa shape index (κ3) is 2.49. The highest BCUT2D eigenvalue weighted by Gasteiger charge is 2.48. The summed E-state index contributed by atoms with van der Waals surface area (Å²) in [7, 11) is 0. The van der Waals surface area contributed by atoms with Gasteiger partial charge in [0.2, 0.25) is 5.91 Å². The van der Waals surface area contributed by atoms with E-state index < -0.39 is 0 Å². The molecular weight excluding hydrogens is 212 g/mol. The predicted molar refractivity (Wildman–Crippen MR) is 71.7 cm³/mol. The normalized spacial score (nSPS) is 31.4. The fraction of sp³-hybridized carbons (Fsp3) is 0.929. The van der Waals surface area contributed by atoms with Crippen molar-refractivity contribution in [2.45, 2.75) is 78.6 Å². The standard InChI is InChI=1S/C14H28N2O/c1-7-11(10(4)5)16-12(8-2)15-14(6,9-3)13(16)17/h10-12,15H,7-9H2,1-6H3. The second-order valence-corrected chi connectivity index (χ2v) is 5.69. The summed E-state index contributed by atoms with van der Waals surface area (Å²) < 4.78 is 0.